The monoisotopic (exact) mass is 441 g/mol. The van der Waals surface area contributed by atoms with Crippen LogP contribution in [-0.4, -0.2) is 39.9 Å². The lowest BCUT2D eigenvalue weighted by atomic mass is 10.2. The average molecular weight is 442 g/mol. The summed E-state index contributed by atoms with van der Waals surface area (Å²) in [6, 6.07) is 12.9. The largest absolute Gasteiger partial charge is 0.346 e. The van der Waals surface area contributed by atoms with Crippen molar-refractivity contribution in [3.8, 4) is 0 Å². The van der Waals surface area contributed by atoms with Crippen molar-refractivity contribution in [2.45, 2.75) is 20.0 Å². The Morgan fingerprint density at radius 3 is 2.87 bits per heavy atom. The smallest absolute Gasteiger partial charge is 0.326 e. The van der Waals surface area contributed by atoms with Crippen LogP contribution in [0, 0.1) is 6.92 Å². The van der Waals surface area contributed by atoms with Crippen LogP contribution in [0.4, 0.5) is 9.93 Å². The van der Waals surface area contributed by atoms with E-state index in [1.807, 2.05) is 42.5 Å². The second-order valence-electron chi connectivity index (χ2n) is 6.90. The van der Waals surface area contributed by atoms with Gasteiger partial charge in [-0.3, -0.25) is 14.7 Å². The quantitative estimate of drug-likeness (QED) is 0.629. The zero-order valence-electron chi connectivity index (χ0n) is 16.3. The van der Waals surface area contributed by atoms with Gasteiger partial charge in [0.25, 0.3) is 5.91 Å². The molecule has 9 heteroatoms. The van der Waals surface area contributed by atoms with Gasteiger partial charge in [0, 0.05) is 30.9 Å². The maximum atomic E-state index is 12.9. The lowest BCUT2D eigenvalue weighted by Crippen LogP contribution is -2.31. The zero-order chi connectivity index (χ0) is 21.1. The fourth-order valence-electron chi connectivity index (χ4n) is 3.22. The van der Waals surface area contributed by atoms with Crippen LogP contribution in [0.15, 0.2) is 48.7 Å². The minimum Gasteiger partial charge on any atom is -0.346 e. The first-order valence-corrected chi connectivity index (χ1v) is 10.7. The number of pyridine rings is 1. The van der Waals surface area contributed by atoms with Gasteiger partial charge in [0.2, 0.25) is 0 Å². The van der Waals surface area contributed by atoms with Crippen molar-refractivity contribution in [1.29, 1.82) is 0 Å². The maximum absolute atomic E-state index is 12.9. The summed E-state index contributed by atoms with van der Waals surface area (Å²) in [7, 11) is 0. The highest BCUT2D eigenvalue weighted by Gasteiger charge is 2.32. The number of aromatic nitrogens is 2. The average Bonchev–Trinajstić information content (AvgIpc) is 3.30. The van der Waals surface area contributed by atoms with Crippen molar-refractivity contribution in [3.63, 3.8) is 0 Å². The van der Waals surface area contributed by atoms with Gasteiger partial charge in [-0.1, -0.05) is 41.1 Å². The van der Waals surface area contributed by atoms with Gasteiger partial charge in [-0.05, 0) is 36.8 Å². The molecule has 3 heterocycles. The van der Waals surface area contributed by atoms with Gasteiger partial charge in [-0.25, -0.2) is 9.78 Å². The molecule has 154 valence electrons. The lowest BCUT2D eigenvalue weighted by Gasteiger charge is -2.17. The van der Waals surface area contributed by atoms with E-state index in [0.29, 0.717) is 46.9 Å². The molecule has 30 heavy (non-hydrogen) atoms. The van der Waals surface area contributed by atoms with Crippen LogP contribution in [0.3, 0.4) is 0 Å². The van der Waals surface area contributed by atoms with E-state index in [4.69, 9.17) is 11.6 Å². The number of thiazole rings is 1. The molecule has 3 amide bonds. The Hall–Kier alpha value is -2.97. The van der Waals surface area contributed by atoms with E-state index in [-0.39, 0.29) is 11.9 Å². The summed E-state index contributed by atoms with van der Waals surface area (Å²) < 4.78 is 0. The van der Waals surface area contributed by atoms with Crippen molar-refractivity contribution in [2.24, 2.45) is 0 Å². The van der Waals surface area contributed by atoms with Gasteiger partial charge in [0.05, 0.1) is 17.9 Å². The Morgan fingerprint density at radius 1 is 1.23 bits per heavy atom. The predicted octanol–water partition coefficient (Wildman–Crippen LogP) is 3.87. The Bertz CT molecular complexity index is 1070. The van der Waals surface area contributed by atoms with Gasteiger partial charge in [0.15, 0.2) is 5.13 Å². The number of aryl methyl sites for hydroxylation is 1. The first-order chi connectivity index (χ1) is 14.5. The van der Waals surface area contributed by atoms with E-state index in [0.717, 1.165) is 11.3 Å². The number of anilines is 1. The number of benzene rings is 1. The molecule has 2 aromatic heterocycles. The molecule has 1 aliphatic rings. The molecule has 0 atom stereocenters. The summed E-state index contributed by atoms with van der Waals surface area (Å²) in [5.41, 5.74) is 2.36. The fourth-order valence-corrected chi connectivity index (χ4v) is 4.44. The van der Waals surface area contributed by atoms with E-state index in [2.05, 4.69) is 15.3 Å². The molecule has 1 N–H and O–H groups in total. The van der Waals surface area contributed by atoms with Crippen LogP contribution in [0.2, 0.25) is 5.02 Å². The first kappa shape index (κ1) is 20.3. The molecule has 0 unspecified atom stereocenters. The molecule has 0 saturated carbocycles. The predicted molar refractivity (Wildman–Crippen MR) is 117 cm³/mol. The molecule has 3 aromatic rings. The molecule has 0 bridgehead atoms. The lowest BCUT2D eigenvalue weighted by molar-refractivity contribution is 0.0953. The van der Waals surface area contributed by atoms with Crippen molar-refractivity contribution in [1.82, 2.24) is 20.2 Å². The third-order valence-electron chi connectivity index (χ3n) is 4.74. The van der Waals surface area contributed by atoms with E-state index in [9.17, 15) is 9.59 Å². The van der Waals surface area contributed by atoms with Crippen molar-refractivity contribution >= 4 is 40.0 Å². The van der Waals surface area contributed by atoms with Crippen molar-refractivity contribution in [2.75, 3.05) is 18.0 Å². The van der Waals surface area contributed by atoms with Crippen LogP contribution >= 0.6 is 22.9 Å². The number of hydrogen-bond donors (Lipinski definition) is 1. The normalized spacial score (nSPS) is 13.7. The molecule has 1 aliphatic heterocycles. The second-order valence-corrected chi connectivity index (χ2v) is 8.31. The van der Waals surface area contributed by atoms with Crippen LogP contribution < -0.4 is 10.2 Å². The number of urea groups is 1. The number of halogens is 1. The zero-order valence-corrected chi connectivity index (χ0v) is 17.9. The number of carbonyl (C=O) groups is 2. The minimum atomic E-state index is -0.218. The molecule has 4 rings (SSSR count). The van der Waals surface area contributed by atoms with E-state index in [1.165, 1.54) is 11.3 Å². The molecule has 0 spiro atoms. The number of nitrogens with one attached hydrogen (secondary N) is 1. The Morgan fingerprint density at radius 2 is 2.10 bits per heavy atom. The molecule has 1 saturated heterocycles. The minimum absolute atomic E-state index is 0.121. The third kappa shape index (κ3) is 4.44. The van der Waals surface area contributed by atoms with Gasteiger partial charge in [-0.2, -0.15) is 0 Å². The van der Waals surface area contributed by atoms with E-state index in [1.54, 1.807) is 22.9 Å². The first-order valence-electron chi connectivity index (χ1n) is 9.47. The van der Waals surface area contributed by atoms with Crippen LogP contribution in [0.1, 0.15) is 26.6 Å². The molecule has 7 nitrogen and oxygen atoms in total. The van der Waals surface area contributed by atoms with Gasteiger partial charge < -0.3 is 10.2 Å². The highest BCUT2D eigenvalue weighted by molar-refractivity contribution is 7.17. The SMILES string of the molecule is Cc1nc(N2CCN(Cc3cccc(Cl)c3)C2=O)sc1C(=O)NCc1ccccn1. The highest BCUT2D eigenvalue weighted by Crippen LogP contribution is 2.29. The van der Waals surface area contributed by atoms with E-state index < -0.39 is 0 Å². The van der Waals surface area contributed by atoms with Crippen LogP contribution in [0.25, 0.3) is 0 Å². The summed E-state index contributed by atoms with van der Waals surface area (Å²) in [6.07, 6.45) is 1.69. The summed E-state index contributed by atoms with van der Waals surface area (Å²) in [5, 5.41) is 4.04. The molecular weight excluding hydrogens is 422 g/mol. The Kier molecular flexibility index (Phi) is 5.96. The van der Waals surface area contributed by atoms with Gasteiger partial charge in [-0.15, -0.1) is 0 Å². The van der Waals surface area contributed by atoms with Crippen LogP contribution in [-0.2, 0) is 13.1 Å². The molecular formula is C21H20ClN5O2S. The van der Waals surface area contributed by atoms with E-state index >= 15 is 0 Å². The summed E-state index contributed by atoms with van der Waals surface area (Å²) in [4.78, 5) is 38.0. The number of amides is 3. The number of nitrogens with zero attached hydrogens (tertiary/aromatic N) is 4. The summed E-state index contributed by atoms with van der Waals surface area (Å²) >= 11 is 7.27. The summed E-state index contributed by atoms with van der Waals surface area (Å²) in [5.74, 6) is -0.218. The number of carbonyl (C=O) groups excluding carboxylic acids is 2. The Balaban J connectivity index is 1.42. The van der Waals surface area contributed by atoms with Crippen LogP contribution in [0.5, 0.6) is 0 Å². The molecule has 0 radical (unpaired) electrons. The summed E-state index contributed by atoms with van der Waals surface area (Å²) in [6.45, 7) is 3.71. The maximum Gasteiger partial charge on any atom is 0.326 e. The molecule has 0 aliphatic carbocycles. The number of hydrogen-bond acceptors (Lipinski definition) is 5. The van der Waals surface area contributed by atoms with Crippen molar-refractivity contribution in [3.05, 3.63) is 75.5 Å². The highest BCUT2D eigenvalue weighted by atomic mass is 35.5. The third-order valence-corrected chi connectivity index (χ3v) is 6.15. The molecule has 1 fully saturated rings. The van der Waals surface area contributed by atoms with Crippen molar-refractivity contribution < 1.29 is 9.59 Å². The Labute approximate surface area is 183 Å². The van der Waals surface area contributed by atoms with Gasteiger partial charge in [0.1, 0.15) is 4.88 Å². The topological polar surface area (TPSA) is 78.4 Å². The second kappa shape index (κ2) is 8.81. The fraction of sp³-hybridized carbons (Fsp3) is 0.238. The van der Waals surface area contributed by atoms with Gasteiger partial charge >= 0.3 is 6.03 Å². The standard InChI is InChI=1S/C21H20ClN5O2S/c1-14-18(19(28)24-12-17-7-2-3-8-23-17)30-20(25-14)27-10-9-26(21(27)29)13-15-5-4-6-16(22)11-15/h2-8,11H,9-10,12-13H2,1H3,(H,24,28). The number of rotatable bonds is 6. The molecule has 1 aromatic carbocycles.